The minimum Gasteiger partial charge on any atom is -0.352 e. The Bertz CT molecular complexity index is 579. The number of aliphatic imine (C=N–C) groups is 1. The van der Waals surface area contributed by atoms with E-state index in [2.05, 4.69) is 22.5 Å². The maximum Gasteiger partial charge on any atom is 0.406 e. The summed E-state index contributed by atoms with van der Waals surface area (Å²) in [4.78, 5) is 16.3. The first-order valence-electron chi connectivity index (χ1n) is 7.58. The Morgan fingerprint density at radius 3 is 2.32 bits per heavy atom. The minimum atomic E-state index is -4.41. The van der Waals surface area contributed by atoms with Crippen LogP contribution < -0.4 is 10.6 Å². The molecule has 142 valence electrons. The lowest BCUT2D eigenvalue weighted by molar-refractivity contribution is -0.157. The first-order chi connectivity index (χ1) is 11.3. The van der Waals surface area contributed by atoms with E-state index in [4.69, 9.17) is 0 Å². The molecule has 0 unspecified atom stereocenters. The van der Waals surface area contributed by atoms with Crippen molar-refractivity contribution in [1.29, 1.82) is 0 Å². The van der Waals surface area contributed by atoms with Gasteiger partial charge in [0, 0.05) is 20.6 Å². The predicted octanol–water partition coefficient (Wildman–Crippen LogP) is 2.55. The van der Waals surface area contributed by atoms with Gasteiger partial charge < -0.3 is 15.5 Å². The molecule has 0 saturated heterocycles. The molecule has 0 heterocycles. The monoisotopic (exact) mass is 472 g/mol. The van der Waals surface area contributed by atoms with E-state index in [1.54, 1.807) is 0 Å². The average Bonchev–Trinajstić information content (AvgIpc) is 2.53. The van der Waals surface area contributed by atoms with Gasteiger partial charge in [-0.2, -0.15) is 13.2 Å². The molecule has 0 aliphatic heterocycles. The summed E-state index contributed by atoms with van der Waals surface area (Å²) in [6.07, 6.45) is -3.52. The van der Waals surface area contributed by atoms with Crippen LogP contribution in [-0.4, -0.2) is 50.1 Å². The third kappa shape index (κ3) is 8.94. The van der Waals surface area contributed by atoms with Crippen molar-refractivity contribution in [1.82, 2.24) is 15.5 Å². The lowest BCUT2D eigenvalue weighted by Gasteiger charge is -2.20. The average molecular weight is 472 g/mol. The number of carbonyl (C=O) groups excluding carboxylic acids is 1. The second-order valence-electron chi connectivity index (χ2n) is 5.27. The fourth-order valence-electron chi connectivity index (χ4n) is 2.13. The van der Waals surface area contributed by atoms with Crippen molar-refractivity contribution in [3.8, 4) is 0 Å². The van der Waals surface area contributed by atoms with Gasteiger partial charge in [0.05, 0.1) is 6.54 Å². The molecule has 0 saturated carbocycles. The lowest BCUT2D eigenvalue weighted by atomic mass is 10.1. The van der Waals surface area contributed by atoms with Crippen LogP contribution in [0.2, 0.25) is 0 Å². The highest BCUT2D eigenvalue weighted by molar-refractivity contribution is 14.0. The normalized spacial score (nSPS) is 11.5. The molecular formula is C16H24F3IN4O. The number of likely N-dealkylation sites (N-methyl/N-ethyl adjacent to an activating group) is 1. The van der Waals surface area contributed by atoms with E-state index in [-0.39, 0.29) is 30.5 Å². The van der Waals surface area contributed by atoms with Gasteiger partial charge in [0.25, 0.3) is 0 Å². The van der Waals surface area contributed by atoms with E-state index < -0.39 is 18.6 Å². The Labute approximate surface area is 163 Å². The lowest BCUT2D eigenvalue weighted by Crippen LogP contribution is -2.45. The van der Waals surface area contributed by atoms with Gasteiger partial charge in [0.2, 0.25) is 5.91 Å². The molecular weight excluding hydrogens is 448 g/mol. The van der Waals surface area contributed by atoms with Gasteiger partial charge in [-0.25, -0.2) is 0 Å². The smallest absolute Gasteiger partial charge is 0.352 e. The topological polar surface area (TPSA) is 56.7 Å². The Kier molecular flexibility index (Phi) is 10.5. The Morgan fingerprint density at radius 1 is 1.20 bits per heavy atom. The van der Waals surface area contributed by atoms with Crippen molar-refractivity contribution < 1.29 is 18.0 Å². The summed E-state index contributed by atoms with van der Waals surface area (Å²) < 4.78 is 36.8. The summed E-state index contributed by atoms with van der Waals surface area (Å²) in [6, 6.07) is 7.91. The first-order valence-corrected chi connectivity index (χ1v) is 7.58. The van der Waals surface area contributed by atoms with Crippen LogP contribution in [0.3, 0.4) is 0 Å². The third-order valence-electron chi connectivity index (χ3n) is 3.42. The molecule has 0 spiro atoms. The van der Waals surface area contributed by atoms with Crippen molar-refractivity contribution in [2.75, 3.05) is 27.2 Å². The molecule has 5 nitrogen and oxygen atoms in total. The number of rotatable bonds is 6. The molecule has 0 aliphatic carbocycles. The summed E-state index contributed by atoms with van der Waals surface area (Å²) in [5, 5.41) is 5.77. The summed E-state index contributed by atoms with van der Waals surface area (Å²) >= 11 is 0. The number of guanidine groups is 1. The quantitative estimate of drug-likeness (QED) is 0.380. The van der Waals surface area contributed by atoms with Gasteiger partial charge >= 0.3 is 6.18 Å². The van der Waals surface area contributed by atoms with Gasteiger partial charge in [-0.1, -0.05) is 31.2 Å². The molecule has 1 amide bonds. The first kappa shape index (κ1) is 23.5. The molecule has 0 aliphatic rings. The highest BCUT2D eigenvalue weighted by atomic mass is 127. The summed E-state index contributed by atoms with van der Waals surface area (Å²) in [5.41, 5.74) is 2.30. The van der Waals surface area contributed by atoms with Crippen LogP contribution in [-0.2, 0) is 17.8 Å². The molecule has 1 aromatic carbocycles. The molecule has 0 bridgehead atoms. The van der Waals surface area contributed by atoms with Crippen LogP contribution >= 0.6 is 24.0 Å². The zero-order valence-electron chi connectivity index (χ0n) is 14.5. The van der Waals surface area contributed by atoms with E-state index in [9.17, 15) is 18.0 Å². The van der Waals surface area contributed by atoms with Crippen molar-refractivity contribution in [2.45, 2.75) is 26.1 Å². The standard InChI is InChI=1S/C16H23F3N4O.HI/c1-4-12-7-5-6-8-13(12)9-21-15(20-2)22-10-14(24)23(3)11-16(17,18)19;/h5-8H,4,9-11H2,1-3H3,(H2,20,21,22);1H. The molecule has 25 heavy (non-hydrogen) atoms. The number of hydrogen-bond donors (Lipinski definition) is 2. The largest absolute Gasteiger partial charge is 0.406 e. The number of hydrogen-bond acceptors (Lipinski definition) is 2. The SMILES string of the molecule is CCc1ccccc1CNC(=NC)NCC(=O)N(C)CC(F)(F)F.I. The van der Waals surface area contributed by atoms with Crippen molar-refractivity contribution in [3.63, 3.8) is 0 Å². The van der Waals surface area contributed by atoms with Crippen LogP contribution in [0.15, 0.2) is 29.3 Å². The second kappa shape index (κ2) is 11.2. The van der Waals surface area contributed by atoms with E-state index in [1.165, 1.54) is 12.6 Å². The molecule has 1 aromatic rings. The Hall–Kier alpha value is -1.52. The Morgan fingerprint density at radius 2 is 1.80 bits per heavy atom. The minimum absolute atomic E-state index is 0. The number of nitrogens with zero attached hydrogens (tertiary/aromatic N) is 2. The molecule has 0 fully saturated rings. The fraction of sp³-hybridized carbons (Fsp3) is 0.500. The maximum absolute atomic E-state index is 12.3. The number of amides is 1. The number of carbonyl (C=O) groups is 1. The van der Waals surface area contributed by atoms with Crippen molar-refractivity contribution in [3.05, 3.63) is 35.4 Å². The van der Waals surface area contributed by atoms with Crippen LogP contribution in [0.1, 0.15) is 18.1 Å². The molecule has 1 rings (SSSR count). The van der Waals surface area contributed by atoms with E-state index >= 15 is 0 Å². The summed E-state index contributed by atoms with van der Waals surface area (Å²) in [6.45, 7) is 1.03. The van der Waals surface area contributed by atoms with Crippen LogP contribution in [0.5, 0.6) is 0 Å². The zero-order valence-corrected chi connectivity index (χ0v) is 16.8. The van der Waals surface area contributed by atoms with Gasteiger partial charge in [-0.05, 0) is 17.5 Å². The molecule has 0 atom stereocenters. The number of alkyl halides is 3. The predicted molar refractivity (Wildman–Crippen MR) is 103 cm³/mol. The highest BCUT2D eigenvalue weighted by Crippen LogP contribution is 2.15. The van der Waals surface area contributed by atoms with Crippen molar-refractivity contribution in [2.24, 2.45) is 4.99 Å². The summed E-state index contributed by atoms with van der Waals surface area (Å²) in [5.74, 6) is -0.307. The molecule has 0 radical (unpaired) electrons. The molecule has 0 aromatic heterocycles. The highest BCUT2D eigenvalue weighted by Gasteiger charge is 2.31. The van der Waals surface area contributed by atoms with Gasteiger partial charge in [-0.15, -0.1) is 24.0 Å². The van der Waals surface area contributed by atoms with E-state index in [0.29, 0.717) is 17.4 Å². The van der Waals surface area contributed by atoms with Crippen LogP contribution in [0, 0.1) is 0 Å². The third-order valence-corrected chi connectivity index (χ3v) is 3.42. The fourth-order valence-corrected chi connectivity index (χ4v) is 2.13. The summed E-state index contributed by atoms with van der Waals surface area (Å²) in [7, 11) is 2.65. The molecule has 2 N–H and O–H groups in total. The van der Waals surface area contributed by atoms with Crippen LogP contribution in [0.4, 0.5) is 13.2 Å². The van der Waals surface area contributed by atoms with E-state index in [1.807, 2.05) is 24.3 Å². The van der Waals surface area contributed by atoms with Crippen molar-refractivity contribution >= 4 is 35.8 Å². The maximum atomic E-state index is 12.3. The van der Waals surface area contributed by atoms with Crippen LogP contribution in [0.25, 0.3) is 0 Å². The molecule has 9 heteroatoms. The number of nitrogens with one attached hydrogen (secondary N) is 2. The Balaban J connectivity index is 0.00000576. The number of aryl methyl sites for hydroxylation is 1. The van der Waals surface area contributed by atoms with Gasteiger partial charge in [0.15, 0.2) is 5.96 Å². The number of halogens is 4. The number of benzene rings is 1. The van der Waals surface area contributed by atoms with Gasteiger partial charge in [0.1, 0.15) is 6.54 Å². The van der Waals surface area contributed by atoms with E-state index in [0.717, 1.165) is 19.0 Å². The second-order valence-corrected chi connectivity index (χ2v) is 5.27. The van der Waals surface area contributed by atoms with Gasteiger partial charge in [-0.3, -0.25) is 9.79 Å². The zero-order chi connectivity index (χ0) is 18.2.